The number of benzene rings is 4. The third-order valence-corrected chi connectivity index (χ3v) is 15.5. The number of rotatable bonds is 29. The minimum Gasteiger partial charge on any atom is -0.497 e. The van der Waals surface area contributed by atoms with Gasteiger partial charge in [-0.2, -0.15) is 4.31 Å². The number of ether oxygens (including phenoxy) is 4. The van der Waals surface area contributed by atoms with Crippen molar-refractivity contribution in [2.24, 2.45) is 11.3 Å². The number of nitrogens with one attached hydrogen (secondary N) is 3. The molecular formula is C58H77N5O13S. The summed E-state index contributed by atoms with van der Waals surface area (Å²) in [5.41, 5.74) is 1.74. The summed E-state index contributed by atoms with van der Waals surface area (Å²) in [6.07, 6.45) is 0.338. The van der Waals surface area contributed by atoms with Gasteiger partial charge in [0.15, 0.2) is 11.5 Å². The van der Waals surface area contributed by atoms with Crippen molar-refractivity contribution < 1.29 is 61.2 Å². The fourth-order valence-corrected chi connectivity index (χ4v) is 10.5. The Hall–Kier alpha value is -6.83. The number of aryl methyl sites for hydroxylation is 1. The van der Waals surface area contributed by atoms with Crippen molar-refractivity contribution in [1.82, 2.24) is 19.8 Å². The van der Waals surface area contributed by atoms with E-state index in [2.05, 4.69) is 16.0 Å². The number of anilines is 1. The van der Waals surface area contributed by atoms with Crippen molar-refractivity contribution in [3.8, 4) is 17.2 Å². The highest BCUT2D eigenvalue weighted by Crippen LogP contribution is 2.33. The van der Waals surface area contributed by atoms with E-state index in [1.807, 2.05) is 63.2 Å². The Labute approximate surface area is 453 Å². The maximum Gasteiger partial charge on any atom is 0.329 e. The number of aliphatic hydroxyl groups excluding tert-OH is 1. The molecule has 77 heavy (non-hydrogen) atoms. The van der Waals surface area contributed by atoms with Crippen LogP contribution in [0, 0.1) is 11.3 Å². The molecular weight excluding hydrogens is 1010 g/mol. The molecule has 4 amide bonds. The summed E-state index contributed by atoms with van der Waals surface area (Å²) in [6.45, 7) is 9.00. The Balaban J connectivity index is 1.20. The Morgan fingerprint density at radius 2 is 1.48 bits per heavy atom. The lowest BCUT2D eigenvalue weighted by molar-refractivity contribution is -0.164. The first-order valence-electron chi connectivity index (χ1n) is 26.3. The van der Waals surface area contributed by atoms with Crippen molar-refractivity contribution in [2.45, 2.75) is 128 Å². The number of ketones is 1. The molecule has 4 atom stereocenters. The number of piperidine rings is 1. The van der Waals surface area contributed by atoms with Crippen LogP contribution in [0.5, 0.6) is 17.2 Å². The largest absolute Gasteiger partial charge is 0.497 e. The Morgan fingerprint density at radius 1 is 0.779 bits per heavy atom. The fourth-order valence-electron chi connectivity index (χ4n) is 8.86. The van der Waals surface area contributed by atoms with Crippen LogP contribution in [-0.4, -0.2) is 124 Å². The van der Waals surface area contributed by atoms with Crippen molar-refractivity contribution in [3.63, 3.8) is 0 Å². The number of nitrogens with zero attached hydrogens (tertiary/aromatic N) is 2. The van der Waals surface area contributed by atoms with Crippen molar-refractivity contribution in [2.75, 3.05) is 52.8 Å². The van der Waals surface area contributed by atoms with Gasteiger partial charge in [0, 0.05) is 56.5 Å². The van der Waals surface area contributed by atoms with Gasteiger partial charge in [0.25, 0.3) is 5.91 Å². The Bertz CT molecular complexity index is 2740. The topological polar surface area (TPSA) is 236 Å². The summed E-state index contributed by atoms with van der Waals surface area (Å²) >= 11 is 0. The molecule has 1 aliphatic heterocycles. The second-order valence-electron chi connectivity index (χ2n) is 20.3. The fraction of sp³-hybridized carbons (Fsp3) is 0.483. The van der Waals surface area contributed by atoms with Crippen LogP contribution in [0.4, 0.5) is 5.69 Å². The minimum absolute atomic E-state index is 0.0336. The number of carbonyl (C=O) groups is 6. The summed E-state index contributed by atoms with van der Waals surface area (Å²) in [5.74, 6) is -1.84. The summed E-state index contributed by atoms with van der Waals surface area (Å²) in [6, 6.07) is 25.6. The van der Waals surface area contributed by atoms with E-state index in [4.69, 9.17) is 18.9 Å². The van der Waals surface area contributed by atoms with Crippen LogP contribution < -0.4 is 30.2 Å². The summed E-state index contributed by atoms with van der Waals surface area (Å²) in [5, 5.41) is 20.0. The van der Waals surface area contributed by atoms with Gasteiger partial charge in [0.1, 0.15) is 17.9 Å². The van der Waals surface area contributed by atoms with Gasteiger partial charge in [-0.1, -0.05) is 83.1 Å². The lowest BCUT2D eigenvalue weighted by Crippen LogP contribution is -2.53. The average Bonchev–Trinajstić information content (AvgIpc) is 3.43. The monoisotopic (exact) mass is 1080 g/mol. The van der Waals surface area contributed by atoms with Gasteiger partial charge in [-0.25, -0.2) is 13.2 Å². The van der Waals surface area contributed by atoms with Crippen molar-refractivity contribution in [1.29, 1.82) is 0 Å². The first kappa shape index (κ1) is 61.0. The quantitative estimate of drug-likeness (QED) is 0.0318. The maximum absolute atomic E-state index is 14.1. The van der Waals surface area contributed by atoms with Crippen LogP contribution in [0.25, 0.3) is 0 Å². The van der Waals surface area contributed by atoms with E-state index in [0.29, 0.717) is 67.0 Å². The number of hydrogen-bond donors (Lipinski definition) is 4. The second-order valence-corrected chi connectivity index (χ2v) is 22.3. The smallest absolute Gasteiger partial charge is 0.329 e. The van der Waals surface area contributed by atoms with Gasteiger partial charge in [-0.05, 0) is 116 Å². The number of sulfonamides is 1. The van der Waals surface area contributed by atoms with E-state index in [9.17, 15) is 42.3 Å². The lowest BCUT2D eigenvalue weighted by Gasteiger charge is -2.36. The number of hydrogen-bond acceptors (Lipinski definition) is 13. The Morgan fingerprint density at radius 3 is 2.14 bits per heavy atom. The minimum atomic E-state index is -4.05. The SMILES string of the molecule is CCC(C)(C)C(=O)C(=O)N1CCCC[C@H]1C(=O)O[C@H](CCc1ccc(OC)c(OC)c1)c1cccc(NC(=O)CCC(=O)NCCC(=O)N[C@@H](Cc2ccccc2)[C@H](O)CN(CC(C)C)S(=O)(=O)c2ccc(OC)cc2)c1. The van der Waals surface area contributed by atoms with Crippen LogP contribution in [0.1, 0.15) is 109 Å². The molecule has 1 saturated heterocycles. The van der Waals surface area contributed by atoms with Gasteiger partial charge < -0.3 is 44.9 Å². The molecule has 0 unspecified atom stereocenters. The van der Waals surface area contributed by atoms with Crippen LogP contribution in [0.3, 0.4) is 0 Å². The number of methoxy groups -OCH3 is 3. The van der Waals surface area contributed by atoms with Gasteiger partial charge in [0.05, 0.1) is 38.4 Å². The predicted octanol–water partition coefficient (Wildman–Crippen LogP) is 6.98. The number of aliphatic hydroxyl groups is 1. The number of likely N-dealkylation sites (tertiary alicyclic amines) is 1. The predicted molar refractivity (Wildman–Crippen MR) is 292 cm³/mol. The van der Waals surface area contributed by atoms with Crippen molar-refractivity contribution >= 4 is 51.1 Å². The van der Waals surface area contributed by atoms with E-state index >= 15 is 0 Å². The molecule has 18 nitrogen and oxygen atoms in total. The van der Waals surface area contributed by atoms with E-state index in [-0.39, 0.29) is 62.7 Å². The van der Waals surface area contributed by atoms with Gasteiger partial charge in [0.2, 0.25) is 33.5 Å². The van der Waals surface area contributed by atoms with E-state index < -0.39 is 75.1 Å². The highest BCUT2D eigenvalue weighted by atomic mass is 32.2. The van der Waals surface area contributed by atoms with Gasteiger partial charge in [-0.15, -0.1) is 0 Å². The molecule has 1 aliphatic rings. The third kappa shape index (κ3) is 17.9. The molecule has 1 fully saturated rings. The molecule has 4 aromatic rings. The molecule has 0 spiro atoms. The Kier molecular flexibility index (Phi) is 23.0. The van der Waals surface area contributed by atoms with E-state index in [1.165, 1.54) is 35.6 Å². The molecule has 4 aromatic carbocycles. The molecule has 0 radical (unpaired) electrons. The maximum atomic E-state index is 14.1. The molecule has 418 valence electrons. The standard InChI is InChI=1S/C58H77N5O13S/c1-9-58(4,5)55(68)56(69)63-33-14-13-20-47(63)57(70)76-49(27-21-41-22-28-50(74-7)51(35-41)75-8)42-18-15-19-43(36-42)60-53(66)30-29-52(65)59-32-31-54(67)61-46(34-40-16-11-10-12-17-40)48(64)38-62(37-39(2)3)77(71,72)45-25-23-44(73-6)24-26-45/h10-12,15-19,22-26,28,35-36,39,46-49,64H,9,13-14,20-21,27,29-34,37-38H2,1-8H3,(H,59,65)(H,60,66)(H,61,67)/t46-,47-,48+,49+/m0/s1. The van der Waals surface area contributed by atoms with Gasteiger partial charge >= 0.3 is 5.97 Å². The first-order valence-corrected chi connectivity index (χ1v) is 27.7. The van der Waals surface area contributed by atoms with E-state index in [1.54, 1.807) is 63.4 Å². The van der Waals surface area contributed by atoms with Crippen LogP contribution in [-0.2, 0) is 56.4 Å². The average molecular weight is 1080 g/mol. The number of carbonyl (C=O) groups excluding carboxylic acids is 6. The number of Topliss-reactive ketones (excluding diaryl/α,β-unsaturated/α-hetero) is 1. The van der Waals surface area contributed by atoms with E-state index in [0.717, 1.165) is 11.1 Å². The second kappa shape index (κ2) is 29.1. The van der Waals surface area contributed by atoms with Crippen LogP contribution in [0.2, 0.25) is 0 Å². The van der Waals surface area contributed by atoms with Crippen LogP contribution >= 0.6 is 0 Å². The highest BCUT2D eigenvalue weighted by molar-refractivity contribution is 7.89. The first-order chi connectivity index (χ1) is 36.7. The number of amides is 4. The van der Waals surface area contributed by atoms with Crippen molar-refractivity contribution in [3.05, 3.63) is 114 Å². The molecule has 5 rings (SSSR count). The summed E-state index contributed by atoms with van der Waals surface area (Å²) in [7, 11) is 0.509. The third-order valence-electron chi connectivity index (χ3n) is 13.7. The molecule has 19 heteroatoms. The number of esters is 1. The summed E-state index contributed by atoms with van der Waals surface area (Å²) in [4.78, 5) is 82.0. The molecule has 0 saturated carbocycles. The normalized spacial score (nSPS) is 14.9. The van der Waals surface area contributed by atoms with Gasteiger partial charge in [-0.3, -0.25) is 24.0 Å². The molecule has 1 heterocycles. The molecule has 4 N–H and O–H groups in total. The molecule has 0 bridgehead atoms. The zero-order valence-electron chi connectivity index (χ0n) is 45.7. The zero-order valence-corrected chi connectivity index (χ0v) is 46.5. The summed E-state index contributed by atoms with van der Waals surface area (Å²) < 4.78 is 51.3. The molecule has 0 aromatic heterocycles. The lowest BCUT2D eigenvalue weighted by atomic mass is 9.84. The zero-order chi connectivity index (χ0) is 56.3. The highest BCUT2D eigenvalue weighted by Gasteiger charge is 2.41. The molecule has 0 aliphatic carbocycles. The van der Waals surface area contributed by atoms with Crippen LogP contribution in [0.15, 0.2) is 102 Å².